The van der Waals surface area contributed by atoms with Crippen molar-refractivity contribution in [3.63, 3.8) is 0 Å². The smallest absolute Gasteiger partial charge is 0.176 e. The maximum atomic E-state index is 13.9. The van der Waals surface area contributed by atoms with Crippen LogP contribution in [0.5, 0.6) is 0 Å². The van der Waals surface area contributed by atoms with E-state index in [1.807, 2.05) is 0 Å². The Labute approximate surface area is 112 Å². The Morgan fingerprint density at radius 2 is 2.21 bits per heavy atom. The summed E-state index contributed by atoms with van der Waals surface area (Å²) in [6, 6.07) is 1.49. The van der Waals surface area contributed by atoms with E-state index in [-0.39, 0.29) is 10.7 Å². The molecule has 0 aliphatic heterocycles. The Bertz CT molecular complexity index is 756. The van der Waals surface area contributed by atoms with Crippen LogP contribution in [0.1, 0.15) is 0 Å². The Morgan fingerprint density at radius 1 is 1.37 bits per heavy atom. The van der Waals surface area contributed by atoms with E-state index in [1.54, 1.807) is 13.2 Å². The van der Waals surface area contributed by atoms with Crippen LogP contribution in [0, 0.1) is 5.82 Å². The predicted molar refractivity (Wildman–Crippen MR) is 69.4 cm³/mol. The maximum absolute atomic E-state index is 13.9. The van der Waals surface area contributed by atoms with Crippen molar-refractivity contribution in [1.82, 2.24) is 25.1 Å². The third-order valence-corrected chi connectivity index (χ3v) is 2.89. The topological polar surface area (TPSA) is 79.4 Å². The van der Waals surface area contributed by atoms with Crippen molar-refractivity contribution in [2.75, 3.05) is 12.4 Å². The summed E-state index contributed by atoms with van der Waals surface area (Å²) in [6.07, 6.45) is 2.96. The van der Waals surface area contributed by atoms with Gasteiger partial charge in [0.1, 0.15) is 17.0 Å². The third kappa shape index (κ3) is 1.88. The minimum absolute atomic E-state index is 0.201. The number of halogens is 2. The highest BCUT2D eigenvalue weighted by Gasteiger charge is 2.16. The molecule has 3 aromatic rings. The van der Waals surface area contributed by atoms with Crippen LogP contribution >= 0.6 is 11.6 Å². The molecule has 3 heterocycles. The van der Waals surface area contributed by atoms with Gasteiger partial charge in [0, 0.05) is 18.8 Å². The first-order valence-electron chi connectivity index (χ1n) is 5.40. The summed E-state index contributed by atoms with van der Waals surface area (Å²) in [6.45, 7) is 0. The van der Waals surface area contributed by atoms with Crippen LogP contribution in [0.15, 0.2) is 18.5 Å². The molecule has 3 aromatic heterocycles. The molecule has 3 rings (SSSR count). The molecule has 0 spiro atoms. The number of fused-ring (bicyclic) bond motifs is 1. The lowest BCUT2D eigenvalue weighted by Gasteiger charge is -2.01. The monoisotopic (exact) mass is 278 g/mol. The van der Waals surface area contributed by atoms with Crippen molar-refractivity contribution < 1.29 is 4.39 Å². The molecule has 0 bridgehead atoms. The molecule has 96 valence electrons. The van der Waals surface area contributed by atoms with Crippen LogP contribution < -0.4 is 5.32 Å². The van der Waals surface area contributed by atoms with Gasteiger partial charge >= 0.3 is 0 Å². The summed E-state index contributed by atoms with van der Waals surface area (Å²) in [5.41, 5.74) is 1.53. The normalized spacial score (nSPS) is 10.9. The van der Waals surface area contributed by atoms with Gasteiger partial charge in [0.05, 0.1) is 6.20 Å². The van der Waals surface area contributed by atoms with Gasteiger partial charge < -0.3 is 5.32 Å². The first-order chi connectivity index (χ1) is 9.20. The Kier molecular flexibility index (Phi) is 2.75. The van der Waals surface area contributed by atoms with Crippen LogP contribution in [-0.2, 0) is 0 Å². The van der Waals surface area contributed by atoms with E-state index in [9.17, 15) is 4.39 Å². The summed E-state index contributed by atoms with van der Waals surface area (Å²) < 4.78 is 13.9. The highest BCUT2D eigenvalue weighted by Crippen LogP contribution is 2.28. The van der Waals surface area contributed by atoms with E-state index >= 15 is 0 Å². The fourth-order valence-electron chi connectivity index (χ4n) is 1.71. The second-order valence-electron chi connectivity index (χ2n) is 3.74. The predicted octanol–water partition coefficient (Wildman–Crippen LogP) is 2.25. The fraction of sp³-hybridized carbons (Fsp3) is 0.0909. The SMILES string of the molecule is CNc1cnc2c(-c3ccnc(Cl)c3F)n[nH]c2n1. The molecule has 0 aliphatic rings. The van der Waals surface area contributed by atoms with Crippen molar-refractivity contribution in [3.05, 3.63) is 29.4 Å². The van der Waals surface area contributed by atoms with Crippen molar-refractivity contribution in [3.8, 4) is 11.3 Å². The minimum Gasteiger partial charge on any atom is -0.372 e. The standard InChI is InChI=1S/C11H8ClFN6/c1-14-6-4-16-9-8(18-19-11(9)17-6)5-2-3-15-10(12)7(5)13/h2-4H,1H3,(H2,14,17,18,19). The third-order valence-electron chi connectivity index (χ3n) is 2.63. The molecule has 2 N–H and O–H groups in total. The van der Waals surface area contributed by atoms with Crippen LogP contribution in [-0.4, -0.2) is 32.2 Å². The first-order valence-corrected chi connectivity index (χ1v) is 5.77. The van der Waals surface area contributed by atoms with E-state index in [0.29, 0.717) is 22.7 Å². The van der Waals surface area contributed by atoms with E-state index in [2.05, 4.69) is 30.5 Å². The summed E-state index contributed by atoms with van der Waals surface area (Å²) in [7, 11) is 1.73. The zero-order valence-corrected chi connectivity index (χ0v) is 10.5. The van der Waals surface area contributed by atoms with Gasteiger partial charge in [0.25, 0.3) is 0 Å². The number of H-pyrrole nitrogens is 1. The molecule has 0 saturated carbocycles. The first kappa shape index (κ1) is 11.8. The molecule has 0 radical (unpaired) electrons. The molecule has 6 nitrogen and oxygen atoms in total. The average Bonchev–Trinajstić information content (AvgIpc) is 2.84. The summed E-state index contributed by atoms with van der Waals surface area (Å²) >= 11 is 5.66. The van der Waals surface area contributed by atoms with Gasteiger partial charge in [0.2, 0.25) is 0 Å². The number of nitrogens with one attached hydrogen (secondary N) is 2. The molecular weight excluding hydrogens is 271 g/mol. The van der Waals surface area contributed by atoms with Gasteiger partial charge in [-0.25, -0.2) is 19.3 Å². The number of pyridine rings is 1. The van der Waals surface area contributed by atoms with Gasteiger partial charge in [-0.2, -0.15) is 5.10 Å². The molecule has 0 saturated heterocycles. The summed E-state index contributed by atoms with van der Waals surface area (Å²) in [5.74, 6) is -0.0343. The molecule has 0 fully saturated rings. The van der Waals surface area contributed by atoms with Crippen molar-refractivity contribution >= 4 is 28.6 Å². The summed E-state index contributed by atoms with van der Waals surface area (Å²) in [4.78, 5) is 12.1. The minimum atomic E-state index is -0.628. The fourth-order valence-corrected chi connectivity index (χ4v) is 1.87. The molecule has 0 aliphatic carbocycles. The van der Waals surface area contributed by atoms with Crippen LogP contribution in [0.3, 0.4) is 0 Å². The number of nitrogens with zero attached hydrogens (tertiary/aromatic N) is 4. The van der Waals surface area contributed by atoms with E-state index in [1.165, 1.54) is 12.3 Å². The number of aromatic amines is 1. The molecule has 0 atom stereocenters. The lowest BCUT2D eigenvalue weighted by Crippen LogP contribution is -1.94. The average molecular weight is 279 g/mol. The lowest BCUT2D eigenvalue weighted by atomic mass is 10.2. The van der Waals surface area contributed by atoms with Gasteiger partial charge in [-0.15, -0.1) is 0 Å². The van der Waals surface area contributed by atoms with Crippen LogP contribution in [0.2, 0.25) is 5.15 Å². The second-order valence-corrected chi connectivity index (χ2v) is 4.10. The number of anilines is 1. The van der Waals surface area contributed by atoms with Crippen molar-refractivity contribution in [1.29, 1.82) is 0 Å². The van der Waals surface area contributed by atoms with Gasteiger partial charge in [-0.3, -0.25) is 5.10 Å². The number of hydrogen-bond acceptors (Lipinski definition) is 5. The molecule has 0 amide bonds. The lowest BCUT2D eigenvalue weighted by molar-refractivity contribution is 0.625. The Balaban J connectivity index is 2.23. The van der Waals surface area contributed by atoms with Crippen molar-refractivity contribution in [2.24, 2.45) is 0 Å². The van der Waals surface area contributed by atoms with Gasteiger partial charge in [-0.05, 0) is 6.07 Å². The van der Waals surface area contributed by atoms with E-state index in [4.69, 9.17) is 11.6 Å². The molecule has 0 aromatic carbocycles. The Morgan fingerprint density at radius 3 is 3.00 bits per heavy atom. The van der Waals surface area contributed by atoms with Crippen LogP contribution in [0.4, 0.5) is 10.2 Å². The van der Waals surface area contributed by atoms with E-state index < -0.39 is 5.82 Å². The molecule has 19 heavy (non-hydrogen) atoms. The number of hydrogen-bond donors (Lipinski definition) is 2. The van der Waals surface area contributed by atoms with Crippen LogP contribution in [0.25, 0.3) is 22.4 Å². The summed E-state index contributed by atoms with van der Waals surface area (Å²) in [5, 5.41) is 9.41. The van der Waals surface area contributed by atoms with Crippen molar-refractivity contribution in [2.45, 2.75) is 0 Å². The van der Waals surface area contributed by atoms with Gasteiger partial charge in [-0.1, -0.05) is 11.6 Å². The molecule has 8 heteroatoms. The zero-order chi connectivity index (χ0) is 13.4. The molecule has 0 unspecified atom stereocenters. The van der Waals surface area contributed by atoms with E-state index in [0.717, 1.165) is 0 Å². The van der Waals surface area contributed by atoms with Gasteiger partial charge in [0.15, 0.2) is 16.6 Å². The highest BCUT2D eigenvalue weighted by atomic mass is 35.5. The zero-order valence-electron chi connectivity index (χ0n) is 9.78. The highest BCUT2D eigenvalue weighted by molar-refractivity contribution is 6.29. The Hall–Kier alpha value is -2.28. The number of rotatable bonds is 2. The quantitative estimate of drug-likeness (QED) is 0.703. The largest absolute Gasteiger partial charge is 0.372 e. The number of aromatic nitrogens is 5. The second kappa shape index (κ2) is 4.43. The maximum Gasteiger partial charge on any atom is 0.176 e. The molecular formula is C11H8ClFN6.